The number of benzene rings is 3. The topological polar surface area (TPSA) is 101 Å². The minimum absolute atomic E-state index is 0.0473. The van der Waals surface area contributed by atoms with Crippen molar-refractivity contribution in [3.05, 3.63) is 71.0 Å². The Bertz CT molecular complexity index is 1590. The summed E-state index contributed by atoms with van der Waals surface area (Å²) in [4.78, 5) is 16.8. The molecule has 4 aromatic rings. The molecule has 1 amide bonds. The highest BCUT2D eigenvalue weighted by Crippen LogP contribution is 2.38. The zero-order chi connectivity index (χ0) is 29.3. The lowest BCUT2D eigenvalue weighted by atomic mass is 10.1. The summed E-state index contributed by atoms with van der Waals surface area (Å²) in [5, 5.41) is 3.70. The number of fused-ring (bicyclic) bond motifs is 1. The fourth-order valence-electron chi connectivity index (χ4n) is 4.68. The monoisotopic (exact) mass is 606 g/mol. The Hall–Kier alpha value is -3.61. The number of ether oxygens (including phenoxy) is 3. The average molecular weight is 607 g/mol. The number of hydrogen-bond donors (Lipinski definition) is 3. The average Bonchev–Trinajstić information content (AvgIpc) is 3.33. The van der Waals surface area contributed by atoms with Gasteiger partial charge in [-0.15, -0.1) is 25.8 Å². The first kappa shape index (κ1) is 28.9. The van der Waals surface area contributed by atoms with E-state index in [1.807, 2.05) is 12.1 Å². The van der Waals surface area contributed by atoms with Crippen molar-refractivity contribution in [2.45, 2.75) is 43.2 Å². The number of piperidine rings is 1. The maximum Gasteiger partial charge on any atom is 0.573 e. The van der Waals surface area contributed by atoms with E-state index in [0.717, 1.165) is 25.9 Å². The molecule has 41 heavy (non-hydrogen) atoms. The molecule has 0 radical (unpaired) electrons. The number of carbonyl (C=O) groups is 1. The Morgan fingerprint density at radius 1 is 1.17 bits per heavy atom. The molecule has 0 bridgehead atoms. The molecule has 1 fully saturated rings. The first-order valence-corrected chi connectivity index (χ1v) is 13.5. The van der Waals surface area contributed by atoms with Crippen molar-refractivity contribution >= 4 is 41.2 Å². The Labute approximate surface area is 243 Å². The van der Waals surface area contributed by atoms with Crippen LogP contribution in [-0.4, -0.2) is 41.0 Å². The molecule has 1 atom stereocenters. The largest absolute Gasteiger partial charge is 0.573 e. The number of amides is 1. The molecule has 8 nitrogen and oxygen atoms in total. The summed E-state index contributed by atoms with van der Waals surface area (Å²) in [7, 11) is 0. The fraction of sp³-hybridized carbons (Fsp3) is 0.286. The molecule has 216 valence electrons. The number of aromatic nitrogens is 2. The molecule has 3 N–H and O–H groups in total. The van der Waals surface area contributed by atoms with E-state index >= 15 is 0 Å². The van der Waals surface area contributed by atoms with Crippen LogP contribution in [0.2, 0.25) is 5.02 Å². The molecule has 3 aromatic carbocycles. The third-order valence-electron chi connectivity index (χ3n) is 6.67. The summed E-state index contributed by atoms with van der Waals surface area (Å²) < 4.78 is 56.4. The summed E-state index contributed by atoms with van der Waals surface area (Å²) in [6, 6.07) is 12.3. The minimum atomic E-state index is -4.86. The SMILES string of the molecule is C[C@@H](Oc1cc(-n2cnc3ccc(OC(F)(F)F)cc32)cc(C(N)=O)c1S)c1cccc(OC2CCNCC2)c1Cl. The van der Waals surface area contributed by atoms with E-state index in [9.17, 15) is 18.0 Å². The number of rotatable bonds is 8. The van der Waals surface area contributed by atoms with Crippen LogP contribution in [0.1, 0.15) is 41.8 Å². The van der Waals surface area contributed by atoms with Gasteiger partial charge in [0.1, 0.15) is 35.8 Å². The number of primary amides is 1. The molecular weight excluding hydrogens is 581 g/mol. The van der Waals surface area contributed by atoms with E-state index in [1.54, 1.807) is 19.1 Å². The summed E-state index contributed by atoms with van der Waals surface area (Å²) in [6.07, 6.45) is -2.28. The van der Waals surface area contributed by atoms with Gasteiger partial charge in [0.05, 0.1) is 32.2 Å². The maximum atomic E-state index is 12.8. The number of nitrogens with one attached hydrogen (secondary N) is 1. The van der Waals surface area contributed by atoms with Crippen molar-refractivity contribution in [1.29, 1.82) is 0 Å². The molecule has 0 saturated carbocycles. The molecule has 1 aliphatic heterocycles. The van der Waals surface area contributed by atoms with E-state index in [0.29, 0.717) is 33.1 Å². The normalized spacial score (nSPS) is 15.1. The third kappa shape index (κ3) is 6.50. The fourth-order valence-corrected chi connectivity index (χ4v) is 5.30. The van der Waals surface area contributed by atoms with E-state index < -0.39 is 24.1 Å². The molecule has 0 unspecified atom stereocenters. The molecule has 2 heterocycles. The Morgan fingerprint density at radius 3 is 2.63 bits per heavy atom. The number of thiol groups is 1. The van der Waals surface area contributed by atoms with Crippen LogP contribution in [-0.2, 0) is 0 Å². The van der Waals surface area contributed by atoms with E-state index in [4.69, 9.17) is 26.8 Å². The van der Waals surface area contributed by atoms with Gasteiger partial charge in [-0.25, -0.2) is 4.98 Å². The minimum Gasteiger partial charge on any atom is -0.489 e. The van der Waals surface area contributed by atoms with Gasteiger partial charge in [-0.3, -0.25) is 9.36 Å². The van der Waals surface area contributed by atoms with Crippen molar-refractivity contribution in [2.75, 3.05) is 13.1 Å². The van der Waals surface area contributed by atoms with Crippen LogP contribution in [0.15, 0.2) is 59.8 Å². The van der Waals surface area contributed by atoms with Gasteiger partial charge in [-0.05, 0) is 57.1 Å². The molecular formula is C28H26ClF3N4O4S. The number of alkyl halides is 3. The van der Waals surface area contributed by atoms with Gasteiger partial charge in [0, 0.05) is 17.7 Å². The van der Waals surface area contributed by atoms with Gasteiger partial charge in [0.2, 0.25) is 5.91 Å². The van der Waals surface area contributed by atoms with Crippen LogP contribution < -0.4 is 25.3 Å². The first-order valence-electron chi connectivity index (χ1n) is 12.7. The van der Waals surface area contributed by atoms with Crippen LogP contribution in [0.4, 0.5) is 13.2 Å². The predicted octanol–water partition coefficient (Wildman–Crippen LogP) is 6.24. The van der Waals surface area contributed by atoms with Crippen LogP contribution in [0.5, 0.6) is 17.2 Å². The lowest BCUT2D eigenvalue weighted by Crippen LogP contribution is -2.34. The molecule has 1 aromatic heterocycles. The van der Waals surface area contributed by atoms with Gasteiger partial charge in [0.15, 0.2) is 0 Å². The number of halogens is 4. The number of imidazole rings is 1. The van der Waals surface area contributed by atoms with Crippen molar-refractivity contribution < 1.29 is 32.2 Å². The maximum absolute atomic E-state index is 12.8. The predicted molar refractivity (Wildman–Crippen MR) is 151 cm³/mol. The van der Waals surface area contributed by atoms with Gasteiger partial charge in [-0.1, -0.05) is 23.7 Å². The summed E-state index contributed by atoms with van der Waals surface area (Å²) in [5.74, 6) is -0.433. The van der Waals surface area contributed by atoms with E-state index in [-0.39, 0.29) is 22.3 Å². The quantitative estimate of drug-likeness (QED) is 0.206. The molecule has 5 rings (SSSR count). The van der Waals surface area contributed by atoms with Crippen LogP contribution >= 0.6 is 24.2 Å². The second-order valence-corrected chi connectivity index (χ2v) is 10.3. The van der Waals surface area contributed by atoms with Crippen LogP contribution in [0.3, 0.4) is 0 Å². The van der Waals surface area contributed by atoms with Crippen molar-refractivity contribution in [3.63, 3.8) is 0 Å². The molecule has 0 spiro atoms. The molecule has 1 saturated heterocycles. The Balaban J connectivity index is 1.49. The number of nitrogens with two attached hydrogens (primary N) is 1. The zero-order valence-electron chi connectivity index (χ0n) is 21.7. The van der Waals surface area contributed by atoms with Crippen molar-refractivity contribution in [3.8, 4) is 22.9 Å². The summed E-state index contributed by atoms with van der Waals surface area (Å²) in [6.45, 7) is 3.52. The van der Waals surface area contributed by atoms with E-state index in [2.05, 4.69) is 27.7 Å². The standard InChI is InChI=1S/C28H26ClF3N4O4S/c1-15(19-3-2-4-23(25(19)29)39-17-7-9-34-10-8-17)38-24-12-16(11-20(26(24)41)27(33)37)36-14-35-21-6-5-18(13-22(21)36)40-28(30,31)32/h2-6,11-15,17,34,41H,7-10H2,1H3,(H2,33,37)/t15-/m1/s1. The highest BCUT2D eigenvalue weighted by Gasteiger charge is 2.31. The lowest BCUT2D eigenvalue weighted by Gasteiger charge is -2.25. The van der Waals surface area contributed by atoms with Crippen molar-refractivity contribution in [1.82, 2.24) is 14.9 Å². The third-order valence-corrected chi connectivity index (χ3v) is 7.54. The summed E-state index contributed by atoms with van der Waals surface area (Å²) >= 11 is 11.2. The molecule has 13 heteroatoms. The van der Waals surface area contributed by atoms with Crippen molar-refractivity contribution in [2.24, 2.45) is 5.73 Å². The molecule has 1 aliphatic rings. The molecule has 0 aliphatic carbocycles. The van der Waals surface area contributed by atoms with Gasteiger partial charge >= 0.3 is 6.36 Å². The smallest absolute Gasteiger partial charge is 0.489 e. The summed E-state index contributed by atoms with van der Waals surface area (Å²) in [5.41, 5.74) is 7.40. The number of hydrogen-bond acceptors (Lipinski definition) is 7. The first-order chi connectivity index (χ1) is 19.5. The second kappa shape index (κ2) is 11.7. The highest BCUT2D eigenvalue weighted by atomic mass is 35.5. The van der Waals surface area contributed by atoms with E-state index in [1.165, 1.54) is 35.2 Å². The Kier molecular flexibility index (Phi) is 8.25. The second-order valence-electron chi connectivity index (χ2n) is 9.50. The lowest BCUT2D eigenvalue weighted by molar-refractivity contribution is -0.274. The van der Waals surface area contributed by atoms with Gasteiger partial charge in [-0.2, -0.15) is 0 Å². The van der Waals surface area contributed by atoms with Gasteiger partial charge in [0.25, 0.3) is 0 Å². The highest BCUT2D eigenvalue weighted by molar-refractivity contribution is 7.80. The number of nitrogens with zero attached hydrogens (tertiary/aromatic N) is 2. The Morgan fingerprint density at radius 2 is 1.93 bits per heavy atom. The van der Waals surface area contributed by atoms with Crippen LogP contribution in [0.25, 0.3) is 16.7 Å². The van der Waals surface area contributed by atoms with Crippen LogP contribution in [0, 0.1) is 0 Å². The zero-order valence-corrected chi connectivity index (χ0v) is 23.4. The van der Waals surface area contributed by atoms with Gasteiger partial charge < -0.3 is 25.3 Å². The number of carbonyl (C=O) groups excluding carboxylic acids is 1.